The molecule has 0 spiro atoms. The number of halogens is 2. The molecule has 2 aromatic carbocycles. The molecule has 106 valence electrons. The third kappa shape index (κ3) is 3.30. The number of benzene rings is 2. The van der Waals surface area contributed by atoms with Gasteiger partial charge in [-0.2, -0.15) is 0 Å². The fourth-order valence-corrected chi connectivity index (χ4v) is 2.21. The fraction of sp³-hybridized carbons (Fsp3) is 0.250. The topological polar surface area (TPSA) is 29.5 Å². The van der Waals surface area contributed by atoms with E-state index in [1.54, 1.807) is 18.2 Å². The highest BCUT2D eigenvalue weighted by molar-refractivity contribution is 6.33. The maximum atomic E-state index is 13.4. The number of ether oxygens (including phenoxy) is 1. The standard InChI is InChI=1S/C16H16ClFO2/c1-10(2)20-13-5-3-11(9-19)14(8-13)15-7-12(18)4-6-16(15)17/h3-8,10,19H,9H2,1-2H3. The van der Waals surface area contributed by atoms with Crippen molar-refractivity contribution in [1.29, 1.82) is 0 Å². The van der Waals surface area contributed by atoms with Gasteiger partial charge >= 0.3 is 0 Å². The Balaban J connectivity index is 2.55. The molecule has 2 rings (SSSR count). The van der Waals surface area contributed by atoms with Crippen LogP contribution in [0.4, 0.5) is 4.39 Å². The third-order valence-electron chi connectivity index (χ3n) is 2.84. The van der Waals surface area contributed by atoms with Crippen molar-refractivity contribution in [2.45, 2.75) is 26.6 Å². The van der Waals surface area contributed by atoms with Crippen LogP contribution in [0.5, 0.6) is 5.75 Å². The van der Waals surface area contributed by atoms with Gasteiger partial charge in [-0.25, -0.2) is 4.39 Å². The van der Waals surface area contributed by atoms with E-state index in [4.69, 9.17) is 16.3 Å². The van der Waals surface area contributed by atoms with Crippen LogP contribution in [0.3, 0.4) is 0 Å². The first kappa shape index (κ1) is 14.8. The van der Waals surface area contributed by atoms with Gasteiger partial charge in [0.2, 0.25) is 0 Å². The number of aliphatic hydroxyl groups is 1. The van der Waals surface area contributed by atoms with E-state index < -0.39 is 0 Å². The molecule has 0 unspecified atom stereocenters. The largest absolute Gasteiger partial charge is 0.491 e. The molecule has 0 saturated heterocycles. The molecule has 0 fully saturated rings. The molecule has 0 aliphatic carbocycles. The van der Waals surface area contributed by atoms with Crippen LogP contribution in [0, 0.1) is 5.82 Å². The molecule has 2 aromatic rings. The van der Waals surface area contributed by atoms with Crippen LogP contribution in [0.1, 0.15) is 19.4 Å². The molecule has 0 atom stereocenters. The summed E-state index contributed by atoms with van der Waals surface area (Å²) in [5.41, 5.74) is 1.90. The van der Waals surface area contributed by atoms with Gasteiger partial charge in [-0.1, -0.05) is 17.7 Å². The highest BCUT2D eigenvalue weighted by Gasteiger charge is 2.11. The first-order chi connectivity index (χ1) is 9.51. The summed E-state index contributed by atoms with van der Waals surface area (Å²) >= 11 is 6.13. The Labute approximate surface area is 122 Å². The number of rotatable bonds is 4. The average Bonchev–Trinajstić information content (AvgIpc) is 2.41. The Hall–Kier alpha value is -1.58. The van der Waals surface area contributed by atoms with Crippen LogP contribution < -0.4 is 4.74 Å². The lowest BCUT2D eigenvalue weighted by Crippen LogP contribution is -2.06. The smallest absolute Gasteiger partial charge is 0.123 e. The predicted octanol–water partition coefficient (Wildman–Crippen LogP) is 4.43. The van der Waals surface area contributed by atoms with Gasteiger partial charge in [0.1, 0.15) is 11.6 Å². The first-order valence-electron chi connectivity index (χ1n) is 6.37. The lowest BCUT2D eigenvalue weighted by Gasteiger charge is -2.14. The Morgan fingerprint density at radius 3 is 2.55 bits per heavy atom. The van der Waals surface area contributed by atoms with Gasteiger partial charge in [0.05, 0.1) is 12.7 Å². The molecular formula is C16H16ClFO2. The zero-order valence-corrected chi connectivity index (χ0v) is 12.1. The van der Waals surface area contributed by atoms with Crippen molar-refractivity contribution in [3.8, 4) is 16.9 Å². The highest BCUT2D eigenvalue weighted by Crippen LogP contribution is 2.34. The fourth-order valence-electron chi connectivity index (χ4n) is 1.99. The van der Waals surface area contributed by atoms with Crippen LogP contribution in [0.2, 0.25) is 5.02 Å². The van der Waals surface area contributed by atoms with E-state index in [-0.39, 0.29) is 18.5 Å². The molecule has 0 heterocycles. The molecular weight excluding hydrogens is 279 g/mol. The first-order valence-corrected chi connectivity index (χ1v) is 6.75. The minimum atomic E-state index is -0.372. The van der Waals surface area contributed by atoms with Gasteiger partial charge in [0.15, 0.2) is 0 Å². The molecule has 0 bridgehead atoms. The SMILES string of the molecule is CC(C)Oc1ccc(CO)c(-c2cc(F)ccc2Cl)c1. The van der Waals surface area contributed by atoms with Crippen molar-refractivity contribution in [2.75, 3.05) is 0 Å². The summed E-state index contributed by atoms with van der Waals surface area (Å²) in [7, 11) is 0. The van der Waals surface area contributed by atoms with Crippen molar-refractivity contribution in [3.63, 3.8) is 0 Å². The van der Waals surface area contributed by atoms with Crippen molar-refractivity contribution in [3.05, 3.63) is 52.8 Å². The van der Waals surface area contributed by atoms with E-state index >= 15 is 0 Å². The van der Waals surface area contributed by atoms with Gasteiger partial charge in [-0.15, -0.1) is 0 Å². The van der Waals surface area contributed by atoms with E-state index in [9.17, 15) is 9.50 Å². The summed E-state index contributed by atoms with van der Waals surface area (Å²) in [5.74, 6) is 0.288. The second-order valence-electron chi connectivity index (χ2n) is 4.77. The Bertz CT molecular complexity index is 611. The zero-order valence-electron chi connectivity index (χ0n) is 11.4. The normalized spacial score (nSPS) is 10.9. The van der Waals surface area contributed by atoms with Crippen LogP contribution in [-0.4, -0.2) is 11.2 Å². The van der Waals surface area contributed by atoms with Crippen molar-refractivity contribution < 1.29 is 14.2 Å². The predicted molar refractivity (Wildman–Crippen MR) is 78.5 cm³/mol. The van der Waals surface area contributed by atoms with Crippen LogP contribution >= 0.6 is 11.6 Å². The molecule has 0 aromatic heterocycles. The van der Waals surface area contributed by atoms with Crippen molar-refractivity contribution >= 4 is 11.6 Å². The maximum Gasteiger partial charge on any atom is 0.123 e. The quantitative estimate of drug-likeness (QED) is 0.904. The maximum absolute atomic E-state index is 13.4. The minimum absolute atomic E-state index is 0.0332. The molecule has 0 saturated carbocycles. The summed E-state index contributed by atoms with van der Waals surface area (Å²) in [6.45, 7) is 3.70. The molecule has 0 aliphatic heterocycles. The summed E-state index contributed by atoms with van der Waals surface area (Å²) in [4.78, 5) is 0. The van der Waals surface area contributed by atoms with Gasteiger partial charge in [-0.05, 0) is 55.3 Å². The summed E-state index contributed by atoms with van der Waals surface area (Å²) < 4.78 is 19.1. The third-order valence-corrected chi connectivity index (χ3v) is 3.17. The molecule has 0 radical (unpaired) electrons. The Morgan fingerprint density at radius 2 is 1.90 bits per heavy atom. The second-order valence-corrected chi connectivity index (χ2v) is 5.18. The number of hydrogen-bond acceptors (Lipinski definition) is 2. The van der Waals surface area contributed by atoms with Crippen LogP contribution in [0.25, 0.3) is 11.1 Å². The van der Waals surface area contributed by atoms with Crippen molar-refractivity contribution in [2.24, 2.45) is 0 Å². The summed E-state index contributed by atoms with van der Waals surface area (Å²) in [6.07, 6.45) is 0.0332. The van der Waals surface area contributed by atoms with E-state index in [2.05, 4.69) is 0 Å². The molecule has 0 amide bonds. The summed E-state index contributed by atoms with van der Waals surface area (Å²) in [6, 6.07) is 9.47. The van der Waals surface area contributed by atoms with Crippen LogP contribution in [-0.2, 0) is 6.61 Å². The van der Waals surface area contributed by atoms with Crippen LogP contribution in [0.15, 0.2) is 36.4 Å². The van der Waals surface area contributed by atoms with Gasteiger partial charge in [-0.3, -0.25) is 0 Å². The van der Waals surface area contributed by atoms with E-state index in [1.165, 1.54) is 18.2 Å². The van der Waals surface area contributed by atoms with Gasteiger partial charge < -0.3 is 9.84 Å². The van der Waals surface area contributed by atoms with Crippen molar-refractivity contribution in [1.82, 2.24) is 0 Å². The van der Waals surface area contributed by atoms with Gasteiger partial charge in [0.25, 0.3) is 0 Å². The molecule has 2 nitrogen and oxygen atoms in total. The van der Waals surface area contributed by atoms with E-state index in [0.717, 1.165) is 0 Å². The number of aliphatic hydroxyl groups excluding tert-OH is 1. The Morgan fingerprint density at radius 1 is 1.15 bits per heavy atom. The monoisotopic (exact) mass is 294 g/mol. The zero-order chi connectivity index (χ0) is 14.7. The Kier molecular flexibility index (Phi) is 4.63. The minimum Gasteiger partial charge on any atom is -0.491 e. The summed E-state index contributed by atoms with van der Waals surface area (Å²) in [5, 5.41) is 9.87. The molecule has 1 N–H and O–H groups in total. The average molecular weight is 295 g/mol. The van der Waals surface area contributed by atoms with E-state index in [0.29, 0.717) is 27.5 Å². The molecule has 4 heteroatoms. The highest BCUT2D eigenvalue weighted by atomic mass is 35.5. The second kappa shape index (κ2) is 6.25. The molecule has 0 aliphatic rings. The molecule has 20 heavy (non-hydrogen) atoms. The lowest BCUT2D eigenvalue weighted by atomic mass is 9.99. The number of hydrogen-bond donors (Lipinski definition) is 1. The lowest BCUT2D eigenvalue weighted by molar-refractivity contribution is 0.242. The van der Waals surface area contributed by atoms with E-state index in [1.807, 2.05) is 13.8 Å². The van der Waals surface area contributed by atoms with Gasteiger partial charge in [0, 0.05) is 10.6 Å².